The number of hydrogen-bond acceptors (Lipinski definition) is 7. The fraction of sp³-hybridized carbons (Fsp3) is 0.160. The number of para-hydroxylation sites is 1. The molecule has 0 aliphatic heterocycles. The summed E-state index contributed by atoms with van der Waals surface area (Å²) in [6.45, 7) is 1.98. The molecule has 0 aliphatic rings. The molecule has 0 saturated carbocycles. The Labute approximate surface area is 197 Å². The lowest BCUT2D eigenvalue weighted by Crippen LogP contribution is -2.30. The van der Waals surface area contributed by atoms with Crippen LogP contribution in [0, 0.1) is 0 Å². The van der Waals surface area contributed by atoms with Crippen LogP contribution in [0.2, 0.25) is 0 Å². The van der Waals surface area contributed by atoms with Crippen molar-refractivity contribution in [2.45, 2.75) is 11.8 Å². The maximum atomic E-state index is 13.2. The van der Waals surface area contributed by atoms with Crippen molar-refractivity contribution in [3.8, 4) is 17.2 Å². The zero-order valence-corrected chi connectivity index (χ0v) is 19.8. The zero-order chi connectivity index (χ0) is 24.3. The van der Waals surface area contributed by atoms with Gasteiger partial charge in [-0.2, -0.15) is 0 Å². The lowest BCUT2D eigenvalue weighted by molar-refractivity contribution is 0.0956. The molecular weight excluding hydrogens is 456 g/mol. The van der Waals surface area contributed by atoms with E-state index in [1.54, 1.807) is 49.4 Å². The van der Waals surface area contributed by atoms with E-state index in [-0.39, 0.29) is 28.8 Å². The molecule has 0 radical (unpaired) electrons. The first-order chi connectivity index (χ1) is 16.3. The average molecular weight is 481 g/mol. The second-order valence-electron chi connectivity index (χ2n) is 7.62. The summed E-state index contributed by atoms with van der Waals surface area (Å²) in [5.74, 6) is -0.0900. The van der Waals surface area contributed by atoms with E-state index >= 15 is 0 Å². The number of amides is 1. The molecule has 0 unspecified atom stereocenters. The number of carbonyl (C=O) groups is 1. The van der Waals surface area contributed by atoms with Crippen LogP contribution in [0.3, 0.4) is 0 Å². The molecule has 34 heavy (non-hydrogen) atoms. The minimum absolute atomic E-state index is 0.100. The Morgan fingerprint density at radius 1 is 0.971 bits per heavy atom. The number of sulfonamides is 1. The van der Waals surface area contributed by atoms with Gasteiger partial charge in [0.05, 0.1) is 6.61 Å². The van der Waals surface area contributed by atoms with Crippen molar-refractivity contribution in [1.82, 2.24) is 4.72 Å². The van der Waals surface area contributed by atoms with Gasteiger partial charge in [-0.3, -0.25) is 4.79 Å². The molecule has 4 aromatic rings. The number of ether oxygens (including phenoxy) is 2. The molecule has 9 heteroatoms. The molecule has 0 fully saturated rings. The Morgan fingerprint density at radius 3 is 2.44 bits per heavy atom. The summed E-state index contributed by atoms with van der Waals surface area (Å²) in [5, 5.41) is 0.682. The summed E-state index contributed by atoms with van der Waals surface area (Å²) >= 11 is 0. The first-order valence-electron chi connectivity index (χ1n) is 10.5. The number of benzene rings is 3. The van der Waals surface area contributed by atoms with Gasteiger partial charge in [0.15, 0.2) is 5.76 Å². The monoisotopic (exact) mass is 480 g/mol. The Morgan fingerprint density at radius 2 is 1.74 bits per heavy atom. The van der Waals surface area contributed by atoms with E-state index in [1.807, 2.05) is 31.1 Å². The molecule has 4 rings (SSSR count). The number of carbonyl (C=O) groups excluding carboxylic acids is 1. The molecule has 1 heterocycles. The van der Waals surface area contributed by atoms with Crippen molar-refractivity contribution in [2.75, 3.05) is 25.6 Å². The number of anilines is 1. The van der Waals surface area contributed by atoms with Gasteiger partial charge >= 0.3 is 5.91 Å². The fourth-order valence-corrected chi connectivity index (χ4v) is 4.42. The standard InChI is InChI=1S/C25H24N2O6S/c1-4-31-21-13-12-20(32-19-8-6-5-7-9-19)16-24(21)34(29,30)26-25(28)23-14-17-10-11-18(27(2)3)15-22(17)33-23/h5-16H,4H2,1-3H3,(H,26,28). The summed E-state index contributed by atoms with van der Waals surface area (Å²) in [7, 11) is -0.537. The quantitative estimate of drug-likeness (QED) is 0.386. The second kappa shape index (κ2) is 9.48. The maximum absolute atomic E-state index is 13.2. The molecule has 0 spiro atoms. The third-order valence-electron chi connectivity index (χ3n) is 4.95. The average Bonchev–Trinajstić information content (AvgIpc) is 3.24. The van der Waals surface area contributed by atoms with E-state index < -0.39 is 15.9 Å². The van der Waals surface area contributed by atoms with Gasteiger partial charge in [-0.15, -0.1) is 0 Å². The van der Waals surface area contributed by atoms with Gasteiger partial charge < -0.3 is 18.8 Å². The van der Waals surface area contributed by atoms with Crippen LogP contribution in [0.15, 0.2) is 82.1 Å². The van der Waals surface area contributed by atoms with E-state index in [0.29, 0.717) is 16.7 Å². The van der Waals surface area contributed by atoms with Crippen molar-refractivity contribution in [3.05, 3.63) is 78.6 Å². The van der Waals surface area contributed by atoms with E-state index in [1.165, 1.54) is 18.2 Å². The largest absolute Gasteiger partial charge is 0.492 e. The number of nitrogens with zero attached hydrogens (tertiary/aromatic N) is 1. The lowest BCUT2D eigenvalue weighted by Gasteiger charge is -2.13. The molecule has 0 bridgehead atoms. The molecule has 1 aromatic heterocycles. The number of hydrogen-bond donors (Lipinski definition) is 1. The maximum Gasteiger partial charge on any atom is 0.300 e. The van der Waals surface area contributed by atoms with Gasteiger partial charge in [0, 0.05) is 37.3 Å². The first kappa shape index (κ1) is 23.2. The molecule has 3 aromatic carbocycles. The third kappa shape index (κ3) is 4.99. The number of furan rings is 1. The van der Waals surface area contributed by atoms with Gasteiger partial charge in [-0.05, 0) is 49.4 Å². The van der Waals surface area contributed by atoms with Gasteiger partial charge in [-0.1, -0.05) is 18.2 Å². The topological polar surface area (TPSA) is 98.1 Å². The molecule has 176 valence electrons. The lowest BCUT2D eigenvalue weighted by atomic mass is 10.2. The minimum Gasteiger partial charge on any atom is -0.492 e. The number of rotatable bonds is 8. The summed E-state index contributed by atoms with van der Waals surface area (Å²) in [6, 6.07) is 20.3. The summed E-state index contributed by atoms with van der Waals surface area (Å²) in [6.07, 6.45) is 0. The van der Waals surface area contributed by atoms with Gasteiger partial charge in [-0.25, -0.2) is 13.1 Å². The van der Waals surface area contributed by atoms with Crippen LogP contribution in [0.4, 0.5) is 5.69 Å². The molecule has 8 nitrogen and oxygen atoms in total. The fourth-order valence-electron chi connectivity index (χ4n) is 3.30. The van der Waals surface area contributed by atoms with Crippen LogP contribution in [0.25, 0.3) is 11.0 Å². The minimum atomic E-state index is -4.31. The van der Waals surface area contributed by atoms with Gasteiger partial charge in [0.25, 0.3) is 10.0 Å². The molecule has 1 N–H and O–H groups in total. The summed E-state index contributed by atoms with van der Waals surface area (Å²) in [5.41, 5.74) is 1.36. The van der Waals surface area contributed by atoms with Gasteiger partial charge in [0.2, 0.25) is 0 Å². The van der Waals surface area contributed by atoms with Crippen molar-refractivity contribution in [3.63, 3.8) is 0 Å². The highest BCUT2D eigenvalue weighted by atomic mass is 32.2. The Hall–Kier alpha value is -3.98. The van der Waals surface area contributed by atoms with E-state index in [2.05, 4.69) is 4.72 Å². The van der Waals surface area contributed by atoms with Crippen molar-refractivity contribution in [1.29, 1.82) is 0 Å². The van der Waals surface area contributed by atoms with Crippen LogP contribution < -0.4 is 19.1 Å². The molecular formula is C25H24N2O6S. The highest BCUT2D eigenvalue weighted by Gasteiger charge is 2.26. The Bertz CT molecular complexity index is 1430. The third-order valence-corrected chi connectivity index (χ3v) is 6.31. The molecule has 0 aliphatic carbocycles. The SMILES string of the molecule is CCOc1ccc(Oc2ccccc2)cc1S(=O)(=O)NC(=O)c1cc2ccc(N(C)C)cc2o1. The van der Waals surface area contributed by atoms with E-state index in [9.17, 15) is 13.2 Å². The zero-order valence-electron chi connectivity index (χ0n) is 18.9. The number of fused-ring (bicyclic) bond motifs is 1. The van der Waals surface area contributed by atoms with Crippen LogP contribution in [-0.2, 0) is 10.0 Å². The summed E-state index contributed by atoms with van der Waals surface area (Å²) < 4.78 is 45.2. The van der Waals surface area contributed by atoms with E-state index in [4.69, 9.17) is 13.9 Å². The number of nitrogens with one attached hydrogen (secondary N) is 1. The van der Waals surface area contributed by atoms with Crippen molar-refractivity contribution >= 4 is 32.6 Å². The Balaban J connectivity index is 1.63. The first-order valence-corrected chi connectivity index (χ1v) is 12.0. The Kier molecular flexibility index (Phi) is 6.47. The van der Waals surface area contributed by atoms with Crippen LogP contribution in [-0.4, -0.2) is 35.0 Å². The van der Waals surface area contributed by atoms with Crippen molar-refractivity contribution < 1.29 is 27.1 Å². The molecule has 0 saturated heterocycles. The van der Waals surface area contributed by atoms with E-state index in [0.717, 1.165) is 5.69 Å². The van der Waals surface area contributed by atoms with Gasteiger partial charge in [0.1, 0.15) is 27.7 Å². The molecule has 1 amide bonds. The van der Waals surface area contributed by atoms with Crippen molar-refractivity contribution in [2.24, 2.45) is 0 Å². The predicted molar refractivity (Wildman–Crippen MR) is 129 cm³/mol. The van der Waals surface area contributed by atoms with Crippen LogP contribution >= 0.6 is 0 Å². The van der Waals surface area contributed by atoms with Crippen LogP contribution in [0.5, 0.6) is 17.2 Å². The normalized spacial score (nSPS) is 11.3. The highest BCUT2D eigenvalue weighted by molar-refractivity contribution is 7.90. The molecule has 0 atom stereocenters. The predicted octanol–water partition coefficient (Wildman–Crippen LogP) is 4.81. The smallest absolute Gasteiger partial charge is 0.300 e. The second-order valence-corrected chi connectivity index (χ2v) is 9.27. The highest BCUT2D eigenvalue weighted by Crippen LogP contribution is 2.31. The van der Waals surface area contributed by atoms with Crippen LogP contribution in [0.1, 0.15) is 17.5 Å². The summed E-state index contributed by atoms with van der Waals surface area (Å²) in [4.78, 5) is 14.5.